The lowest BCUT2D eigenvalue weighted by Gasteiger charge is -2.36. The van der Waals surface area contributed by atoms with Crippen LogP contribution in [-0.2, 0) is 6.18 Å². The summed E-state index contributed by atoms with van der Waals surface area (Å²) in [4.78, 5) is 27.3. The standard InChI is InChI=1S/C22H20F3N5O/c23-22(24,25)15-7-5-6-14(12-15)16-13-28-21(26)29-19(16)18-9-2-4-11-30(18)20(31)17-8-1-3-10-27-17/h1,3,5-8,10,12-13,18H,2,4,9,11H2,(H2,26,28,29)/t18-/m0/s1. The number of anilines is 1. The van der Waals surface area contributed by atoms with E-state index in [1.807, 2.05) is 0 Å². The number of aromatic nitrogens is 3. The molecule has 1 saturated heterocycles. The highest BCUT2D eigenvalue weighted by Crippen LogP contribution is 2.38. The van der Waals surface area contributed by atoms with E-state index >= 15 is 0 Å². The van der Waals surface area contributed by atoms with E-state index in [1.54, 1.807) is 35.4 Å². The van der Waals surface area contributed by atoms with E-state index in [2.05, 4.69) is 15.0 Å². The molecule has 160 valence electrons. The lowest BCUT2D eigenvalue weighted by Crippen LogP contribution is -2.39. The SMILES string of the molecule is Nc1ncc(-c2cccc(C(F)(F)F)c2)c([C@@H]2CCCCN2C(=O)c2ccccn2)n1. The minimum atomic E-state index is -4.48. The van der Waals surface area contributed by atoms with Gasteiger partial charge in [-0.1, -0.05) is 18.2 Å². The molecule has 1 fully saturated rings. The van der Waals surface area contributed by atoms with E-state index in [4.69, 9.17) is 5.73 Å². The number of carbonyl (C=O) groups is 1. The molecule has 0 spiro atoms. The molecule has 0 unspecified atom stereocenters. The van der Waals surface area contributed by atoms with Crippen LogP contribution in [0.25, 0.3) is 11.1 Å². The minimum absolute atomic E-state index is 0.00142. The first-order valence-corrected chi connectivity index (χ1v) is 9.86. The second kappa shape index (κ2) is 8.33. The van der Waals surface area contributed by atoms with Crippen LogP contribution in [0, 0.1) is 0 Å². The molecule has 9 heteroatoms. The molecule has 0 aliphatic carbocycles. The molecule has 31 heavy (non-hydrogen) atoms. The first kappa shape index (κ1) is 20.8. The summed E-state index contributed by atoms with van der Waals surface area (Å²) in [6, 6.07) is 9.63. The van der Waals surface area contributed by atoms with E-state index in [9.17, 15) is 18.0 Å². The molecule has 3 heterocycles. The van der Waals surface area contributed by atoms with Gasteiger partial charge in [0.1, 0.15) is 5.69 Å². The first-order valence-electron chi connectivity index (χ1n) is 9.86. The van der Waals surface area contributed by atoms with Crippen molar-refractivity contribution in [3.63, 3.8) is 0 Å². The summed E-state index contributed by atoms with van der Waals surface area (Å²) >= 11 is 0. The molecule has 1 aliphatic heterocycles. The Morgan fingerprint density at radius 3 is 2.68 bits per heavy atom. The van der Waals surface area contributed by atoms with Crippen molar-refractivity contribution in [1.29, 1.82) is 0 Å². The number of carbonyl (C=O) groups excluding carboxylic acids is 1. The zero-order chi connectivity index (χ0) is 22.0. The van der Waals surface area contributed by atoms with Crippen LogP contribution in [0.3, 0.4) is 0 Å². The molecule has 2 N–H and O–H groups in total. The average molecular weight is 427 g/mol. The van der Waals surface area contributed by atoms with Gasteiger partial charge in [-0.2, -0.15) is 13.2 Å². The van der Waals surface area contributed by atoms with E-state index in [0.29, 0.717) is 35.5 Å². The number of hydrogen-bond acceptors (Lipinski definition) is 5. The number of amides is 1. The molecule has 0 radical (unpaired) electrons. The van der Waals surface area contributed by atoms with Crippen molar-refractivity contribution < 1.29 is 18.0 Å². The maximum Gasteiger partial charge on any atom is 0.416 e. The topological polar surface area (TPSA) is 85.0 Å². The molecule has 1 aliphatic rings. The highest BCUT2D eigenvalue weighted by atomic mass is 19.4. The third-order valence-corrected chi connectivity index (χ3v) is 5.30. The van der Waals surface area contributed by atoms with Gasteiger partial charge in [0.25, 0.3) is 5.91 Å². The summed E-state index contributed by atoms with van der Waals surface area (Å²) < 4.78 is 39.7. The van der Waals surface area contributed by atoms with Gasteiger partial charge in [-0.05, 0) is 49.1 Å². The number of rotatable bonds is 3. The maximum atomic E-state index is 13.2. The largest absolute Gasteiger partial charge is 0.416 e. The number of nitrogens with zero attached hydrogens (tertiary/aromatic N) is 4. The fraction of sp³-hybridized carbons (Fsp3) is 0.273. The van der Waals surface area contributed by atoms with Crippen molar-refractivity contribution in [1.82, 2.24) is 19.9 Å². The van der Waals surface area contributed by atoms with Crippen molar-refractivity contribution in [3.8, 4) is 11.1 Å². The van der Waals surface area contributed by atoms with Crippen molar-refractivity contribution in [2.75, 3.05) is 12.3 Å². The molecular weight excluding hydrogens is 407 g/mol. The number of halogens is 3. The summed E-state index contributed by atoms with van der Waals surface area (Å²) in [6.45, 7) is 0.492. The Bertz CT molecular complexity index is 1090. The average Bonchev–Trinajstić information content (AvgIpc) is 2.78. The fourth-order valence-corrected chi connectivity index (χ4v) is 3.84. The molecule has 1 aromatic carbocycles. The lowest BCUT2D eigenvalue weighted by atomic mass is 9.93. The molecule has 2 aromatic heterocycles. The highest BCUT2D eigenvalue weighted by Gasteiger charge is 2.34. The third-order valence-electron chi connectivity index (χ3n) is 5.30. The van der Waals surface area contributed by atoms with Crippen LogP contribution in [0.4, 0.5) is 19.1 Å². The first-order chi connectivity index (χ1) is 14.8. The summed E-state index contributed by atoms with van der Waals surface area (Å²) in [6.07, 6.45) is 0.767. The normalized spacial score (nSPS) is 16.9. The molecule has 1 amide bonds. The Labute approximate surface area is 177 Å². The Kier molecular flexibility index (Phi) is 5.58. The summed E-state index contributed by atoms with van der Waals surface area (Å²) in [5.74, 6) is -0.251. The molecular formula is C22H20F3N5O. The predicted molar refractivity (Wildman–Crippen MR) is 109 cm³/mol. The molecule has 3 aromatic rings. The van der Waals surface area contributed by atoms with E-state index < -0.39 is 17.8 Å². The molecule has 0 bridgehead atoms. The second-order valence-corrected chi connectivity index (χ2v) is 7.33. The summed E-state index contributed by atoms with van der Waals surface area (Å²) in [7, 11) is 0. The van der Waals surface area contributed by atoms with Crippen LogP contribution < -0.4 is 5.73 Å². The van der Waals surface area contributed by atoms with Gasteiger partial charge >= 0.3 is 6.18 Å². The summed E-state index contributed by atoms with van der Waals surface area (Å²) in [5, 5.41) is 0. The fourth-order valence-electron chi connectivity index (χ4n) is 3.84. The Morgan fingerprint density at radius 2 is 1.94 bits per heavy atom. The van der Waals surface area contributed by atoms with Crippen LogP contribution >= 0.6 is 0 Å². The van der Waals surface area contributed by atoms with Gasteiger partial charge in [0.05, 0.1) is 17.3 Å². The van der Waals surface area contributed by atoms with E-state index in [-0.39, 0.29) is 11.9 Å². The Morgan fingerprint density at radius 1 is 1.10 bits per heavy atom. The van der Waals surface area contributed by atoms with Crippen LogP contribution in [0.1, 0.15) is 47.1 Å². The quantitative estimate of drug-likeness (QED) is 0.665. The number of likely N-dealkylation sites (tertiary alicyclic amines) is 1. The predicted octanol–water partition coefficient (Wildman–Crippen LogP) is 4.51. The van der Waals surface area contributed by atoms with Gasteiger partial charge in [-0.3, -0.25) is 9.78 Å². The van der Waals surface area contributed by atoms with E-state index in [0.717, 1.165) is 25.0 Å². The number of nitrogens with two attached hydrogens (primary N) is 1. The maximum absolute atomic E-state index is 13.2. The smallest absolute Gasteiger partial charge is 0.368 e. The van der Waals surface area contributed by atoms with Crippen LogP contribution in [-0.4, -0.2) is 32.3 Å². The third kappa shape index (κ3) is 4.35. The number of pyridine rings is 1. The van der Waals surface area contributed by atoms with Gasteiger partial charge in [-0.25, -0.2) is 9.97 Å². The molecule has 4 rings (SSSR count). The van der Waals surface area contributed by atoms with Gasteiger partial charge in [0, 0.05) is 24.5 Å². The van der Waals surface area contributed by atoms with E-state index in [1.165, 1.54) is 12.3 Å². The number of alkyl halides is 3. The van der Waals surface area contributed by atoms with Gasteiger partial charge in [-0.15, -0.1) is 0 Å². The van der Waals surface area contributed by atoms with Crippen LogP contribution in [0.2, 0.25) is 0 Å². The van der Waals surface area contributed by atoms with Crippen molar-refractivity contribution in [2.45, 2.75) is 31.5 Å². The Balaban J connectivity index is 1.78. The van der Waals surface area contributed by atoms with Gasteiger partial charge in [0.15, 0.2) is 0 Å². The number of benzene rings is 1. The van der Waals surface area contributed by atoms with Crippen molar-refractivity contribution in [2.24, 2.45) is 0 Å². The number of piperidine rings is 1. The number of nitrogen functional groups attached to an aromatic ring is 1. The van der Waals surface area contributed by atoms with Gasteiger partial charge < -0.3 is 10.6 Å². The minimum Gasteiger partial charge on any atom is -0.368 e. The van der Waals surface area contributed by atoms with Crippen molar-refractivity contribution in [3.05, 3.63) is 71.8 Å². The number of hydrogen-bond donors (Lipinski definition) is 1. The van der Waals surface area contributed by atoms with Crippen LogP contribution in [0.15, 0.2) is 54.9 Å². The Hall–Kier alpha value is -3.49. The molecule has 6 nitrogen and oxygen atoms in total. The zero-order valence-electron chi connectivity index (χ0n) is 16.5. The molecule has 1 atom stereocenters. The highest BCUT2D eigenvalue weighted by molar-refractivity contribution is 5.92. The lowest BCUT2D eigenvalue weighted by molar-refractivity contribution is -0.137. The zero-order valence-corrected chi connectivity index (χ0v) is 16.5. The van der Waals surface area contributed by atoms with Gasteiger partial charge in [0.2, 0.25) is 5.95 Å². The van der Waals surface area contributed by atoms with Crippen LogP contribution in [0.5, 0.6) is 0 Å². The monoisotopic (exact) mass is 427 g/mol. The van der Waals surface area contributed by atoms with Crippen molar-refractivity contribution >= 4 is 11.9 Å². The summed E-state index contributed by atoms with van der Waals surface area (Å²) in [5.41, 5.74) is 6.55. The second-order valence-electron chi connectivity index (χ2n) is 7.33. The molecule has 0 saturated carbocycles.